The van der Waals surface area contributed by atoms with Crippen molar-refractivity contribution in [3.05, 3.63) is 0 Å². The van der Waals surface area contributed by atoms with Crippen molar-refractivity contribution < 1.29 is 9.59 Å². The molecule has 0 heterocycles. The lowest BCUT2D eigenvalue weighted by atomic mass is 9.79. The van der Waals surface area contributed by atoms with E-state index in [-0.39, 0.29) is 30.3 Å². The van der Waals surface area contributed by atoms with Gasteiger partial charge in [0.1, 0.15) is 0 Å². The number of nitrogens with zero attached hydrogens (tertiary/aromatic N) is 1. The highest BCUT2D eigenvalue weighted by Crippen LogP contribution is 2.27. The third-order valence-electron chi connectivity index (χ3n) is 4.14. The summed E-state index contributed by atoms with van der Waals surface area (Å²) in [5.41, 5.74) is 5.95. The number of carbonyl (C=O) groups excluding carboxylic acids is 2. The molecule has 3 atom stereocenters. The van der Waals surface area contributed by atoms with Crippen LogP contribution in [0.25, 0.3) is 0 Å². The SMILES string of the molecule is CCN(CC)C(=O)CNC(=O)C1CCC(N)C(C)C1. The summed E-state index contributed by atoms with van der Waals surface area (Å²) >= 11 is 0. The van der Waals surface area contributed by atoms with Crippen molar-refractivity contribution in [3.63, 3.8) is 0 Å². The van der Waals surface area contributed by atoms with Crippen molar-refractivity contribution in [1.82, 2.24) is 10.2 Å². The van der Waals surface area contributed by atoms with Crippen molar-refractivity contribution in [1.29, 1.82) is 0 Å². The number of hydrogen-bond acceptors (Lipinski definition) is 3. The third-order valence-corrected chi connectivity index (χ3v) is 4.14. The van der Waals surface area contributed by atoms with Crippen LogP contribution in [0.4, 0.5) is 0 Å². The van der Waals surface area contributed by atoms with Crippen molar-refractivity contribution in [2.75, 3.05) is 19.6 Å². The Balaban J connectivity index is 2.37. The van der Waals surface area contributed by atoms with Crippen molar-refractivity contribution in [2.24, 2.45) is 17.6 Å². The minimum atomic E-state index is -0.0149. The van der Waals surface area contributed by atoms with Gasteiger partial charge in [0, 0.05) is 25.0 Å². The Kier molecular flexibility index (Phi) is 6.28. The minimum absolute atomic E-state index is 0.000689. The highest BCUT2D eigenvalue weighted by atomic mass is 16.2. The van der Waals surface area contributed by atoms with E-state index in [1.807, 2.05) is 13.8 Å². The molecule has 2 amide bonds. The second kappa shape index (κ2) is 7.48. The van der Waals surface area contributed by atoms with Crippen LogP contribution in [-0.2, 0) is 9.59 Å². The number of rotatable bonds is 5. The molecule has 1 aliphatic carbocycles. The van der Waals surface area contributed by atoms with Crippen molar-refractivity contribution in [2.45, 2.75) is 46.1 Å². The summed E-state index contributed by atoms with van der Waals surface area (Å²) in [6, 6.07) is 0.210. The number of amides is 2. The average Bonchev–Trinajstić information content (AvgIpc) is 2.40. The van der Waals surface area contributed by atoms with Gasteiger partial charge in [0.05, 0.1) is 6.54 Å². The van der Waals surface area contributed by atoms with Crippen LogP contribution in [0, 0.1) is 11.8 Å². The Labute approximate surface area is 115 Å². The van der Waals surface area contributed by atoms with E-state index in [2.05, 4.69) is 12.2 Å². The largest absolute Gasteiger partial charge is 0.347 e. The maximum absolute atomic E-state index is 12.0. The smallest absolute Gasteiger partial charge is 0.241 e. The Morgan fingerprint density at radius 2 is 1.89 bits per heavy atom. The number of nitrogens with one attached hydrogen (secondary N) is 1. The van der Waals surface area contributed by atoms with Crippen LogP contribution in [0.3, 0.4) is 0 Å². The third kappa shape index (κ3) is 4.49. The molecular formula is C14H27N3O2. The molecule has 19 heavy (non-hydrogen) atoms. The van der Waals surface area contributed by atoms with Crippen LogP contribution in [-0.4, -0.2) is 42.4 Å². The molecule has 3 N–H and O–H groups in total. The first-order chi connectivity index (χ1) is 8.99. The van der Waals surface area contributed by atoms with E-state index < -0.39 is 0 Å². The number of carbonyl (C=O) groups is 2. The first-order valence-corrected chi connectivity index (χ1v) is 7.30. The van der Waals surface area contributed by atoms with Crippen LogP contribution < -0.4 is 11.1 Å². The van der Waals surface area contributed by atoms with Gasteiger partial charge in [-0.05, 0) is 39.0 Å². The second-order valence-electron chi connectivity index (χ2n) is 5.43. The van der Waals surface area contributed by atoms with E-state index in [9.17, 15) is 9.59 Å². The maximum Gasteiger partial charge on any atom is 0.241 e. The average molecular weight is 269 g/mol. The zero-order valence-corrected chi connectivity index (χ0v) is 12.3. The summed E-state index contributed by atoms with van der Waals surface area (Å²) < 4.78 is 0. The van der Waals surface area contributed by atoms with Crippen LogP contribution >= 0.6 is 0 Å². The molecular weight excluding hydrogens is 242 g/mol. The summed E-state index contributed by atoms with van der Waals surface area (Å²) in [5.74, 6) is 0.375. The number of nitrogens with two attached hydrogens (primary N) is 1. The molecule has 0 aromatic carbocycles. The first-order valence-electron chi connectivity index (χ1n) is 7.30. The molecule has 1 rings (SSSR count). The lowest BCUT2D eigenvalue weighted by Gasteiger charge is -2.31. The van der Waals surface area contributed by atoms with E-state index in [0.29, 0.717) is 19.0 Å². The summed E-state index contributed by atoms with van der Waals surface area (Å²) in [4.78, 5) is 25.6. The highest BCUT2D eigenvalue weighted by molar-refractivity contribution is 5.85. The van der Waals surface area contributed by atoms with Gasteiger partial charge in [-0.3, -0.25) is 9.59 Å². The Hall–Kier alpha value is -1.10. The molecule has 0 spiro atoms. The standard InChI is InChI=1S/C14H27N3O2/c1-4-17(5-2)13(18)9-16-14(19)11-6-7-12(15)10(3)8-11/h10-12H,4-9,15H2,1-3H3,(H,16,19). The molecule has 0 aromatic heterocycles. The van der Waals surface area contributed by atoms with Crippen molar-refractivity contribution in [3.8, 4) is 0 Å². The van der Waals surface area contributed by atoms with Crippen LogP contribution in [0.2, 0.25) is 0 Å². The van der Waals surface area contributed by atoms with Gasteiger partial charge in [-0.2, -0.15) is 0 Å². The summed E-state index contributed by atoms with van der Waals surface area (Å²) in [6.07, 6.45) is 2.55. The topological polar surface area (TPSA) is 75.4 Å². The normalized spacial score (nSPS) is 26.8. The highest BCUT2D eigenvalue weighted by Gasteiger charge is 2.29. The zero-order valence-electron chi connectivity index (χ0n) is 12.3. The fourth-order valence-electron chi connectivity index (χ4n) is 2.65. The van der Waals surface area contributed by atoms with Gasteiger partial charge < -0.3 is 16.0 Å². The monoisotopic (exact) mass is 269 g/mol. The molecule has 1 saturated carbocycles. The second-order valence-corrected chi connectivity index (χ2v) is 5.43. The summed E-state index contributed by atoms with van der Waals surface area (Å²) in [6.45, 7) is 7.44. The van der Waals surface area contributed by atoms with Gasteiger partial charge in [0.2, 0.25) is 11.8 Å². The van der Waals surface area contributed by atoms with Gasteiger partial charge in [-0.1, -0.05) is 6.92 Å². The molecule has 0 radical (unpaired) electrons. The summed E-state index contributed by atoms with van der Waals surface area (Å²) in [7, 11) is 0. The van der Waals surface area contributed by atoms with Gasteiger partial charge in [-0.25, -0.2) is 0 Å². The van der Waals surface area contributed by atoms with Crippen molar-refractivity contribution >= 4 is 11.8 Å². The fraction of sp³-hybridized carbons (Fsp3) is 0.857. The van der Waals surface area contributed by atoms with E-state index in [4.69, 9.17) is 5.73 Å². The van der Waals surface area contributed by atoms with E-state index in [1.165, 1.54) is 0 Å². The predicted octanol–water partition coefficient (Wildman–Crippen LogP) is 0.735. The number of likely N-dealkylation sites (N-methyl/N-ethyl adjacent to an activating group) is 1. The summed E-state index contributed by atoms with van der Waals surface area (Å²) in [5, 5.41) is 2.77. The molecule has 5 nitrogen and oxygen atoms in total. The molecule has 0 bridgehead atoms. The van der Waals surface area contributed by atoms with E-state index in [0.717, 1.165) is 19.3 Å². The minimum Gasteiger partial charge on any atom is -0.347 e. The molecule has 1 fully saturated rings. The molecule has 1 aliphatic rings. The van der Waals surface area contributed by atoms with Gasteiger partial charge in [0.15, 0.2) is 0 Å². The first kappa shape index (κ1) is 16.0. The predicted molar refractivity (Wildman–Crippen MR) is 75.4 cm³/mol. The molecule has 5 heteroatoms. The quantitative estimate of drug-likeness (QED) is 0.773. The molecule has 3 unspecified atom stereocenters. The number of hydrogen-bond donors (Lipinski definition) is 2. The van der Waals surface area contributed by atoms with Gasteiger partial charge in [-0.15, -0.1) is 0 Å². The lowest BCUT2D eigenvalue weighted by Crippen LogP contribution is -2.44. The van der Waals surface area contributed by atoms with Gasteiger partial charge >= 0.3 is 0 Å². The lowest BCUT2D eigenvalue weighted by molar-refractivity contribution is -0.134. The molecule has 110 valence electrons. The molecule has 0 saturated heterocycles. The van der Waals surface area contributed by atoms with E-state index in [1.54, 1.807) is 4.90 Å². The molecule has 0 aliphatic heterocycles. The Bertz CT molecular complexity index is 316. The fourth-order valence-corrected chi connectivity index (χ4v) is 2.65. The Morgan fingerprint density at radius 3 is 2.42 bits per heavy atom. The van der Waals surface area contributed by atoms with Crippen LogP contribution in [0.5, 0.6) is 0 Å². The van der Waals surface area contributed by atoms with E-state index >= 15 is 0 Å². The van der Waals surface area contributed by atoms with Gasteiger partial charge in [0.25, 0.3) is 0 Å². The zero-order chi connectivity index (χ0) is 14.4. The maximum atomic E-state index is 12.0. The molecule has 0 aromatic rings. The van der Waals surface area contributed by atoms with Crippen LogP contribution in [0.15, 0.2) is 0 Å². The Morgan fingerprint density at radius 1 is 1.26 bits per heavy atom. The van der Waals surface area contributed by atoms with Crippen LogP contribution in [0.1, 0.15) is 40.0 Å².